The molecule has 8 heteroatoms. The Hall–Kier alpha value is -2.84. The summed E-state index contributed by atoms with van der Waals surface area (Å²) >= 11 is 1.88. The van der Waals surface area contributed by atoms with E-state index < -0.39 is 0 Å². The highest BCUT2D eigenvalue weighted by Crippen LogP contribution is 2.32. The Morgan fingerprint density at radius 2 is 2.14 bits per heavy atom. The van der Waals surface area contributed by atoms with E-state index in [1.54, 1.807) is 6.33 Å². The highest BCUT2D eigenvalue weighted by atomic mass is 32.1. The van der Waals surface area contributed by atoms with Gasteiger partial charge in [0.2, 0.25) is 0 Å². The SMILES string of the molecule is c1cc[n+]2cc(CN3CCC(c4nnn5cnc6[nH]ccc6c45)CC3)sc2c1. The number of pyridine rings is 1. The van der Waals surface area contributed by atoms with E-state index >= 15 is 0 Å². The Labute approximate surface area is 165 Å². The summed E-state index contributed by atoms with van der Waals surface area (Å²) in [4.78, 5) is 12.9. The van der Waals surface area contributed by atoms with Crippen LogP contribution in [0.3, 0.4) is 0 Å². The van der Waals surface area contributed by atoms with Crippen LogP contribution in [-0.4, -0.2) is 42.8 Å². The number of H-pyrrole nitrogens is 1. The van der Waals surface area contributed by atoms with Gasteiger partial charge in [-0.05, 0) is 38.1 Å². The minimum atomic E-state index is 0.450. The minimum absolute atomic E-state index is 0.450. The maximum atomic E-state index is 4.53. The molecule has 5 aromatic rings. The number of piperidine rings is 1. The summed E-state index contributed by atoms with van der Waals surface area (Å²) in [6.45, 7) is 3.20. The average molecular weight is 390 g/mol. The summed E-state index contributed by atoms with van der Waals surface area (Å²) in [6.07, 6.45) is 10.3. The van der Waals surface area contributed by atoms with Crippen molar-refractivity contribution >= 4 is 32.7 Å². The van der Waals surface area contributed by atoms with Crippen LogP contribution in [0.15, 0.2) is 49.2 Å². The van der Waals surface area contributed by atoms with Gasteiger partial charge in [-0.15, -0.1) is 5.10 Å². The molecule has 0 unspecified atom stereocenters. The molecule has 0 bridgehead atoms. The molecule has 0 spiro atoms. The lowest BCUT2D eigenvalue weighted by Gasteiger charge is -2.30. The first-order chi connectivity index (χ1) is 13.8. The van der Waals surface area contributed by atoms with E-state index in [0.29, 0.717) is 5.92 Å². The van der Waals surface area contributed by atoms with Crippen molar-refractivity contribution in [3.05, 3.63) is 59.8 Å². The Bertz CT molecular complexity index is 1240. The number of likely N-dealkylation sites (tertiary alicyclic amines) is 1. The van der Waals surface area contributed by atoms with E-state index in [1.165, 1.54) is 9.71 Å². The zero-order valence-electron chi connectivity index (χ0n) is 15.3. The van der Waals surface area contributed by atoms with E-state index in [4.69, 9.17) is 0 Å². The minimum Gasteiger partial charge on any atom is -0.346 e. The molecule has 6 heterocycles. The van der Waals surface area contributed by atoms with Crippen molar-refractivity contribution in [2.24, 2.45) is 0 Å². The Morgan fingerprint density at radius 3 is 3.04 bits per heavy atom. The molecule has 1 N–H and O–H groups in total. The molecule has 28 heavy (non-hydrogen) atoms. The van der Waals surface area contributed by atoms with Crippen LogP contribution in [0.25, 0.3) is 21.4 Å². The highest BCUT2D eigenvalue weighted by molar-refractivity contribution is 7.16. The molecule has 1 fully saturated rings. The predicted molar refractivity (Wildman–Crippen MR) is 107 cm³/mol. The molecule has 0 aromatic carbocycles. The van der Waals surface area contributed by atoms with Gasteiger partial charge in [0, 0.05) is 36.2 Å². The number of nitrogens with zero attached hydrogens (tertiary/aromatic N) is 6. The summed E-state index contributed by atoms with van der Waals surface area (Å²) in [5.41, 5.74) is 3.12. The number of thiazole rings is 1. The zero-order chi connectivity index (χ0) is 18.5. The van der Waals surface area contributed by atoms with Gasteiger partial charge in [0.05, 0.1) is 10.6 Å². The predicted octanol–water partition coefficient (Wildman–Crippen LogP) is 2.79. The molecule has 1 aliphatic heterocycles. The number of fused-ring (bicyclic) bond motifs is 4. The van der Waals surface area contributed by atoms with E-state index in [9.17, 15) is 0 Å². The molecule has 1 saturated heterocycles. The van der Waals surface area contributed by atoms with E-state index in [2.05, 4.69) is 66.2 Å². The summed E-state index contributed by atoms with van der Waals surface area (Å²) in [5, 5.41) is 9.94. The van der Waals surface area contributed by atoms with Crippen LogP contribution in [0, 0.1) is 0 Å². The average Bonchev–Trinajstić information content (AvgIpc) is 3.45. The van der Waals surface area contributed by atoms with Gasteiger partial charge in [0.15, 0.2) is 12.4 Å². The lowest BCUT2D eigenvalue weighted by atomic mass is 9.92. The third-order valence-electron chi connectivity index (χ3n) is 5.72. The van der Waals surface area contributed by atoms with Gasteiger partial charge in [0.25, 0.3) is 4.83 Å². The van der Waals surface area contributed by atoms with Crippen LogP contribution in [0.1, 0.15) is 29.3 Å². The lowest BCUT2D eigenvalue weighted by molar-refractivity contribution is -0.507. The fraction of sp³-hybridized carbons (Fsp3) is 0.300. The normalized spacial score (nSPS) is 16.6. The van der Waals surface area contributed by atoms with Crippen LogP contribution >= 0.6 is 11.3 Å². The smallest absolute Gasteiger partial charge is 0.267 e. The van der Waals surface area contributed by atoms with Crippen molar-refractivity contribution in [2.45, 2.75) is 25.3 Å². The first kappa shape index (κ1) is 16.1. The van der Waals surface area contributed by atoms with Gasteiger partial charge in [0.1, 0.15) is 17.5 Å². The lowest BCUT2D eigenvalue weighted by Crippen LogP contribution is -2.32. The van der Waals surface area contributed by atoms with Gasteiger partial charge < -0.3 is 4.98 Å². The third-order valence-corrected chi connectivity index (χ3v) is 6.77. The molecular weight excluding hydrogens is 370 g/mol. The Morgan fingerprint density at radius 1 is 1.21 bits per heavy atom. The quantitative estimate of drug-likeness (QED) is 0.481. The number of hydrogen-bond acceptors (Lipinski definition) is 5. The van der Waals surface area contributed by atoms with Gasteiger partial charge in [-0.3, -0.25) is 4.90 Å². The molecule has 0 saturated carbocycles. The van der Waals surface area contributed by atoms with Gasteiger partial charge in [-0.1, -0.05) is 16.6 Å². The first-order valence-corrected chi connectivity index (χ1v) is 10.4. The summed E-state index contributed by atoms with van der Waals surface area (Å²) in [5.74, 6) is 0.450. The maximum Gasteiger partial charge on any atom is 0.267 e. The maximum absolute atomic E-state index is 4.53. The highest BCUT2D eigenvalue weighted by Gasteiger charge is 2.26. The van der Waals surface area contributed by atoms with E-state index in [-0.39, 0.29) is 0 Å². The Kier molecular flexibility index (Phi) is 3.66. The van der Waals surface area contributed by atoms with Crippen molar-refractivity contribution < 1.29 is 4.40 Å². The first-order valence-electron chi connectivity index (χ1n) is 9.63. The molecule has 140 valence electrons. The van der Waals surface area contributed by atoms with Crippen LogP contribution in [0.4, 0.5) is 0 Å². The Balaban J connectivity index is 1.21. The van der Waals surface area contributed by atoms with Crippen LogP contribution in [-0.2, 0) is 6.54 Å². The molecule has 0 amide bonds. The topological polar surface area (TPSA) is 66.2 Å². The van der Waals surface area contributed by atoms with Crippen LogP contribution < -0.4 is 4.40 Å². The fourth-order valence-electron chi connectivity index (χ4n) is 4.30. The van der Waals surface area contributed by atoms with E-state index in [1.807, 2.05) is 22.0 Å². The number of nitrogens with one attached hydrogen (secondary N) is 1. The number of rotatable bonds is 3. The van der Waals surface area contributed by atoms with Crippen molar-refractivity contribution in [2.75, 3.05) is 13.1 Å². The van der Waals surface area contributed by atoms with Crippen molar-refractivity contribution in [1.29, 1.82) is 0 Å². The van der Waals surface area contributed by atoms with Gasteiger partial charge >= 0.3 is 0 Å². The second-order valence-corrected chi connectivity index (χ2v) is 8.59. The molecule has 0 atom stereocenters. The molecule has 0 aliphatic carbocycles. The number of aromatic nitrogens is 6. The largest absolute Gasteiger partial charge is 0.346 e. The second kappa shape index (κ2) is 6.35. The third kappa shape index (κ3) is 2.60. The monoisotopic (exact) mass is 390 g/mol. The van der Waals surface area contributed by atoms with Crippen LogP contribution in [0.2, 0.25) is 0 Å². The standard InChI is InChI=1S/C20H20N7S/c1-2-8-26-12-15(28-17(26)3-1)11-25-9-5-14(6-10-25)18-19-16-4-7-21-20(16)22-13-27(19)24-23-18/h1-4,7-8,12-14,21H,5-6,9-11H2/q+1. The summed E-state index contributed by atoms with van der Waals surface area (Å²) < 4.78 is 4.03. The summed E-state index contributed by atoms with van der Waals surface area (Å²) in [6, 6.07) is 8.42. The number of aromatic amines is 1. The van der Waals surface area contributed by atoms with Gasteiger partial charge in [-0.2, -0.15) is 4.40 Å². The molecule has 7 nitrogen and oxygen atoms in total. The van der Waals surface area contributed by atoms with Crippen LogP contribution in [0.5, 0.6) is 0 Å². The molecule has 0 radical (unpaired) electrons. The van der Waals surface area contributed by atoms with E-state index in [0.717, 1.165) is 54.7 Å². The van der Waals surface area contributed by atoms with Crippen molar-refractivity contribution in [3.8, 4) is 0 Å². The second-order valence-electron chi connectivity index (χ2n) is 7.45. The molecular formula is C20H20N7S+. The van der Waals surface area contributed by atoms with Crippen molar-refractivity contribution in [3.63, 3.8) is 0 Å². The van der Waals surface area contributed by atoms with Crippen molar-refractivity contribution in [1.82, 2.24) is 29.7 Å². The molecule has 6 rings (SSSR count). The molecule has 1 aliphatic rings. The zero-order valence-corrected chi connectivity index (χ0v) is 16.1. The summed E-state index contributed by atoms with van der Waals surface area (Å²) in [7, 11) is 0. The fourth-order valence-corrected chi connectivity index (χ4v) is 5.35. The molecule has 5 aromatic heterocycles. The van der Waals surface area contributed by atoms with Gasteiger partial charge in [-0.25, -0.2) is 9.50 Å². The number of hydrogen-bond donors (Lipinski definition) is 1.